The smallest absolute Gasteiger partial charge is 0.252 e. The normalized spacial score (nSPS) is 11.0. The van der Waals surface area contributed by atoms with Crippen LogP contribution in [0.15, 0.2) is 36.9 Å². The fourth-order valence-electron chi connectivity index (χ4n) is 2.51. The topological polar surface area (TPSA) is 72.2 Å². The summed E-state index contributed by atoms with van der Waals surface area (Å²) in [5.74, 6) is 0.566. The molecule has 1 amide bonds. The van der Waals surface area contributed by atoms with Crippen LogP contribution in [0.5, 0.6) is 0 Å². The first-order valence-electron chi connectivity index (χ1n) is 7.97. The lowest BCUT2D eigenvalue weighted by Gasteiger charge is -2.08. The van der Waals surface area contributed by atoms with Crippen LogP contribution in [0.25, 0.3) is 5.78 Å². The molecular weight excluding hydrogens is 361 g/mol. The van der Waals surface area contributed by atoms with Crippen LogP contribution in [0.1, 0.15) is 24.0 Å². The lowest BCUT2D eigenvalue weighted by Crippen LogP contribution is -2.25. The number of benzene rings is 1. The van der Waals surface area contributed by atoms with E-state index in [0.717, 1.165) is 24.0 Å². The van der Waals surface area contributed by atoms with Crippen molar-refractivity contribution in [1.82, 2.24) is 24.9 Å². The van der Waals surface area contributed by atoms with E-state index >= 15 is 0 Å². The minimum Gasteiger partial charge on any atom is -0.356 e. The Morgan fingerprint density at radius 2 is 1.96 bits per heavy atom. The van der Waals surface area contributed by atoms with Gasteiger partial charge in [-0.2, -0.15) is 10.1 Å². The quantitative estimate of drug-likeness (QED) is 0.642. The molecule has 0 spiro atoms. The van der Waals surface area contributed by atoms with Crippen molar-refractivity contribution in [3.63, 3.8) is 0 Å². The minimum atomic E-state index is -0.0131. The third-order valence-corrected chi connectivity index (χ3v) is 4.52. The highest BCUT2D eigenvalue weighted by atomic mass is 35.5. The van der Waals surface area contributed by atoms with E-state index in [4.69, 9.17) is 23.2 Å². The van der Waals surface area contributed by atoms with Gasteiger partial charge in [-0.1, -0.05) is 29.3 Å². The number of fused-ring (bicyclic) bond motifs is 1. The first-order chi connectivity index (χ1) is 12.1. The molecule has 0 aliphatic heterocycles. The number of carbonyl (C=O) groups excluding carboxylic acids is 1. The van der Waals surface area contributed by atoms with Crippen molar-refractivity contribution < 1.29 is 4.79 Å². The summed E-state index contributed by atoms with van der Waals surface area (Å²) >= 11 is 12.2. The molecule has 1 N–H and O–H groups in total. The summed E-state index contributed by atoms with van der Waals surface area (Å²) in [6.45, 7) is 0.602. The molecule has 3 rings (SSSR count). The molecule has 0 atom stereocenters. The van der Waals surface area contributed by atoms with E-state index in [9.17, 15) is 4.79 Å². The molecule has 0 aliphatic carbocycles. The number of amides is 1. The summed E-state index contributed by atoms with van der Waals surface area (Å²) < 4.78 is 1.64. The fraction of sp³-hybridized carbons (Fsp3) is 0.294. The largest absolute Gasteiger partial charge is 0.356 e. The van der Waals surface area contributed by atoms with Crippen LogP contribution in [0.4, 0.5) is 0 Å². The average Bonchev–Trinajstić information content (AvgIpc) is 3.06. The highest BCUT2D eigenvalue weighted by molar-refractivity contribution is 6.36. The zero-order valence-electron chi connectivity index (χ0n) is 13.5. The van der Waals surface area contributed by atoms with Gasteiger partial charge in [0, 0.05) is 35.4 Å². The second-order valence-corrected chi connectivity index (χ2v) is 6.43. The minimum absolute atomic E-state index is 0.0131. The van der Waals surface area contributed by atoms with Gasteiger partial charge in [-0.15, -0.1) is 0 Å². The lowest BCUT2D eigenvalue weighted by molar-refractivity contribution is -0.121. The maximum Gasteiger partial charge on any atom is 0.252 e. The average molecular weight is 378 g/mol. The van der Waals surface area contributed by atoms with Crippen molar-refractivity contribution in [3.05, 3.63) is 58.1 Å². The van der Waals surface area contributed by atoms with Crippen molar-refractivity contribution in [1.29, 1.82) is 0 Å². The van der Waals surface area contributed by atoms with Crippen molar-refractivity contribution in [3.8, 4) is 0 Å². The van der Waals surface area contributed by atoms with E-state index in [1.165, 1.54) is 6.33 Å². The van der Waals surface area contributed by atoms with E-state index in [-0.39, 0.29) is 5.91 Å². The summed E-state index contributed by atoms with van der Waals surface area (Å²) in [6, 6.07) is 5.35. The highest BCUT2D eigenvalue weighted by Crippen LogP contribution is 2.25. The van der Waals surface area contributed by atoms with E-state index in [2.05, 4.69) is 20.4 Å². The zero-order valence-corrected chi connectivity index (χ0v) is 15.0. The summed E-state index contributed by atoms with van der Waals surface area (Å²) in [4.78, 5) is 20.2. The van der Waals surface area contributed by atoms with Gasteiger partial charge in [0.1, 0.15) is 6.33 Å². The summed E-state index contributed by atoms with van der Waals surface area (Å²) in [7, 11) is 0. The predicted octanol–water partition coefficient (Wildman–Crippen LogP) is 3.11. The number of nitrogens with zero attached hydrogens (tertiary/aromatic N) is 4. The van der Waals surface area contributed by atoms with E-state index < -0.39 is 0 Å². The van der Waals surface area contributed by atoms with Crippen LogP contribution < -0.4 is 5.32 Å². The van der Waals surface area contributed by atoms with Gasteiger partial charge in [0.2, 0.25) is 5.91 Å². The van der Waals surface area contributed by atoms with Crippen molar-refractivity contribution >= 4 is 34.9 Å². The molecule has 1 aromatic carbocycles. The Bertz CT molecular complexity index is 860. The van der Waals surface area contributed by atoms with E-state index in [0.29, 0.717) is 35.2 Å². The van der Waals surface area contributed by atoms with Gasteiger partial charge in [-0.25, -0.2) is 9.50 Å². The van der Waals surface area contributed by atoms with Gasteiger partial charge < -0.3 is 5.32 Å². The molecule has 0 fully saturated rings. The van der Waals surface area contributed by atoms with Crippen LogP contribution in [0.3, 0.4) is 0 Å². The number of nitrogens with one attached hydrogen (secondary N) is 1. The van der Waals surface area contributed by atoms with Crippen LogP contribution in [-0.4, -0.2) is 32.0 Å². The molecule has 6 nitrogen and oxygen atoms in total. The zero-order chi connectivity index (χ0) is 17.6. The fourth-order valence-corrected chi connectivity index (χ4v) is 3.09. The van der Waals surface area contributed by atoms with Crippen LogP contribution in [-0.2, 0) is 17.6 Å². The monoisotopic (exact) mass is 377 g/mol. The second-order valence-electron chi connectivity index (χ2n) is 5.62. The Kier molecular flexibility index (Phi) is 5.83. The Morgan fingerprint density at radius 3 is 2.76 bits per heavy atom. The summed E-state index contributed by atoms with van der Waals surface area (Å²) in [6.07, 6.45) is 7.66. The van der Waals surface area contributed by atoms with Crippen molar-refractivity contribution in [2.75, 3.05) is 6.54 Å². The Hall–Kier alpha value is -2.18. The third-order valence-electron chi connectivity index (χ3n) is 3.82. The Morgan fingerprint density at radius 1 is 1.16 bits per heavy atom. The molecule has 130 valence electrons. The van der Waals surface area contributed by atoms with Crippen molar-refractivity contribution in [2.45, 2.75) is 25.7 Å². The maximum atomic E-state index is 12.0. The second kappa shape index (κ2) is 8.27. The standard InChI is InChI=1S/C17H17Cl2N5O/c18-14-4-1-5-15(19)13(14)6-7-16(25)20-8-2-3-12-9-21-17-22-11-23-24(17)10-12/h1,4-5,9-11H,2-3,6-8H2,(H,20,25). The maximum absolute atomic E-state index is 12.0. The molecule has 3 aromatic rings. The molecule has 2 aromatic heterocycles. The highest BCUT2D eigenvalue weighted by Gasteiger charge is 2.08. The summed E-state index contributed by atoms with van der Waals surface area (Å²) in [5.41, 5.74) is 1.86. The molecule has 8 heteroatoms. The van der Waals surface area contributed by atoms with Crippen LogP contribution >= 0.6 is 23.2 Å². The van der Waals surface area contributed by atoms with Gasteiger partial charge in [0.15, 0.2) is 0 Å². The van der Waals surface area contributed by atoms with Gasteiger partial charge in [0.05, 0.1) is 0 Å². The number of carbonyl (C=O) groups is 1. The Balaban J connectivity index is 1.40. The van der Waals surface area contributed by atoms with Crippen LogP contribution in [0.2, 0.25) is 10.0 Å². The molecule has 0 aliphatic rings. The molecule has 0 saturated carbocycles. The van der Waals surface area contributed by atoms with E-state index in [1.807, 2.05) is 6.20 Å². The third kappa shape index (κ3) is 4.67. The van der Waals surface area contributed by atoms with Gasteiger partial charge >= 0.3 is 0 Å². The molecular formula is C17H17Cl2N5O. The number of rotatable bonds is 7. The molecule has 2 heterocycles. The number of halogens is 2. The molecule has 0 bridgehead atoms. The number of hydrogen-bond acceptors (Lipinski definition) is 4. The number of aromatic nitrogens is 4. The van der Waals surface area contributed by atoms with Gasteiger partial charge in [0.25, 0.3) is 5.78 Å². The Labute approximate surface area is 155 Å². The first-order valence-corrected chi connectivity index (χ1v) is 8.73. The van der Waals surface area contributed by atoms with Crippen LogP contribution in [0, 0.1) is 0 Å². The molecule has 0 radical (unpaired) electrons. The molecule has 0 saturated heterocycles. The van der Waals surface area contributed by atoms with E-state index in [1.54, 1.807) is 28.9 Å². The SMILES string of the molecule is O=C(CCc1c(Cl)cccc1Cl)NCCCc1cnc2ncnn2c1. The number of hydrogen-bond donors (Lipinski definition) is 1. The van der Waals surface area contributed by atoms with Gasteiger partial charge in [-0.05, 0) is 42.5 Å². The van der Waals surface area contributed by atoms with Gasteiger partial charge in [-0.3, -0.25) is 4.79 Å². The van der Waals surface area contributed by atoms with Crippen molar-refractivity contribution in [2.24, 2.45) is 0 Å². The first kappa shape index (κ1) is 17.6. The molecule has 25 heavy (non-hydrogen) atoms. The predicted molar refractivity (Wildman–Crippen MR) is 96.9 cm³/mol. The number of aryl methyl sites for hydroxylation is 1. The lowest BCUT2D eigenvalue weighted by atomic mass is 10.1. The summed E-state index contributed by atoms with van der Waals surface area (Å²) in [5, 5.41) is 8.16. The molecule has 0 unspecified atom stereocenters.